The first kappa shape index (κ1) is 20.3. The van der Waals surface area contributed by atoms with Gasteiger partial charge in [-0.3, -0.25) is 0 Å². The van der Waals surface area contributed by atoms with E-state index >= 15 is 0 Å². The van der Waals surface area contributed by atoms with E-state index in [1.54, 1.807) is 5.57 Å². The smallest absolute Gasteiger partial charge is 0.00430 e. The first-order valence-electron chi connectivity index (χ1n) is 9.99. The zero-order valence-corrected chi connectivity index (χ0v) is 17.0. The summed E-state index contributed by atoms with van der Waals surface area (Å²) in [5, 5.41) is 0. The fourth-order valence-electron chi connectivity index (χ4n) is 3.87. The largest absolute Gasteiger partial charge is 0.121 e. The van der Waals surface area contributed by atoms with Crippen molar-refractivity contribution in [2.45, 2.75) is 87.5 Å². The summed E-state index contributed by atoms with van der Waals surface area (Å²) >= 11 is 0. The highest BCUT2D eigenvalue weighted by Gasteiger charge is 2.34. The zero-order chi connectivity index (χ0) is 17.6. The molecule has 0 aliphatic heterocycles. The zero-order valence-electron chi connectivity index (χ0n) is 17.0. The van der Waals surface area contributed by atoms with Crippen LogP contribution in [0.2, 0.25) is 0 Å². The third kappa shape index (κ3) is 4.87. The van der Waals surface area contributed by atoms with Crippen molar-refractivity contribution < 1.29 is 0 Å². The normalized spacial score (nSPS) is 25.9. The Kier molecular flexibility index (Phi) is 7.88. The predicted molar refractivity (Wildman–Crippen MR) is 105 cm³/mol. The number of rotatable bonds is 7. The summed E-state index contributed by atoms with van der Waals surface area (Å²) in [5.41, 5.74) is 7.11. The molecule has 0 radical (unpaired) electrons. The van der Waals surface area contributed by atoms with E-state index < -0.39 is 0 Å². The van der Waals surface area contributed by atoms with Crippen LogP contribution in [0.15, 0.2) is 29.0 Å². The molecule has 0 bridgehead atoms. The molecule has 0 saturated carbocycles. The van der Waals surface area contributed by atoms with Crippen molar-refractivity contribution >= 4 is 0 Å². The average molecular weight is 317 g/mol. The number of hydrogen-bond acceptors (Lipinski definition) is 0. The van der Waals surface area contributed by atoms with Crippen LogP contribution in [-0.4, -0.2) is 0 Å². The Hall–Kier alpha value is -0.740. The Bertz CT molecular complexity index is 452. The first-order valence-corrected chi connectivity index (χ1v) is 9.99. The van der Waals surface area contributed by atoms with Gasteiger partial charge in [0.15, 0.2) is 0 Å². The van der Waals surface area contributed by atoms with E-state index in [0.717, 1.165) is 0 Å². The molecular formula is C23H40. The van der Waals surface area contributed by atoms with Gasteiger partial charge in [-0.25, -0.2) is 0 Å². The van der Waals surface area contributed by atoms with E-state index in [-0.39, 0.29) is 0 Å². The van der Waals surface area contributed by atoms with E-state index in [9.17, 15) is 0 Å². The molecule has 0 aromatic carbocycles. The van der Waals surface area contributed by atoms with Crippen LogP contribution < -0.4 is 0 Å². The molecule has 0 aromatic rings. The fraction of sp³-hybridized carbons (Fsp3) is 0.783. The van der Waals surface area contributed by atoms with E-state index in [4.69, 9.17) is 0 Å². The molecule has 0 heterocycles. The standard InChI is InChI=1S/C23H40/c1-9-12-13-21-16-20(17(4)5)14-15-22(19(7)18(21)6)23(8,10-2)11-3/h14,16-19,21H,9-13H2,1-8H3. The maximum absolute atomic E-state index is 3.78. The van der Waals surface area contributed by atoms with Gasteiger partial charge >= 0.3 is 0 Å². The van der Waals surface area contributed by atoms with Crippen molar-refractivity contribution in [2.24, 2.45) is 29.1 Å². The van der Waals surface area contributed by atoms with E-state index in [1.807, 2.05) is 0 Å². The molecule has 0 fully saturated rings. The van der Waals surface area contributed by atoms with Crippen LogP contribution in [0, 0.1) is 29.1 Å². The molecule has 0 amide bonds. The van der Waals surface area contributed by atoms with Crippen LogP contribution in [0.3, 0.4) is 0 Å². The molecule has 23 heavy (non-hydrogen) atoms. The fourth-order valence-corrected chi connectivity index (χ4v) is 3.87. The monoisotopic (exact) mass is 316 g/mol. The average Bonchev–Trinajstić information content (AvgIpc) is 2.54. The summed E-state index contributed by atoms with van der Waals surface area (Å²) in [7, 11) is 0. The van der Waals surface area contributed by atoms with Crippen molar-refractivity contribution in [3.63, 3.8) is 0 Å². The molecule has 0 aromatic heterocycles. The van der Waals surface area contributed by atoms with Crippen molar-refractivity contribution in [1.82, 2.24) is 0 Å². The van der Waals surface area contributed by atoms with E-state index in [0.29, 0.717) is 29.1 Å². The molecular weight excluding hydrogens is 276 g/mol. The van der Waals surface area contributed by atoms with Gasteiger partial charge < -0.3 is 0 Å². The van der Waals surface area contributed by atoms with Crippen molar-refractivity contribution in [2.75, 3.05) is 0 Å². The minimum atomic E-state index is 0.291. The van der Waals surface area contributed by atoms with Gasteiger partial charge in [0.25, 0.3) is 0 Å². The molecule has 1 aliphatic carbocycles. The number of hydrogen-bond donors (Lipinski definition) is 0. The summed E-state index contributed by atoms with van der Waals surface area (Å²) < 4.78 is 0. The predicted octanol–water partition coefficient (Wildman–Crippen LogP) is 7.57. The lowest BCUT2D eigenvalue weighted by Gasteiger charge is -2.38. The summed E-state index contributed by atoms with van der Waals surface area (Å²) in [4.78, 5) is 0. The van der Waals surface area contributed by atoms with Crippen molar-refractivity contribution in [3.8, 4) is 0 Å². The van der Waals surface area contributed by atoms with Gasteiger partial charge in [-0.1, -0.05) is 74.3 Å². The lowest BCUT2D eigenvalue weighted by atomic mass is 9.66. The molecule has 132 valence electrons. The minimum absolute atomic E-state index is 0.291. The number of unbranched alkanes of at least 4 members (excludes halogenated alkanes) is 1. The topological polar surface area (TPSA) is 0 Å². The second-order valence-corrected chi connectivity index (χ2v) is 8.25. The van der Waals surface area contributed by atoms with Crippen LogP contribution in [-0.2, 0) is 0 Å². The highest BCUT2D eigenvalue weighted by Crippen LogP contribution is 2.44. The van der Waals surface area contributed by atoms with Gasteiger partial charge in [0.1, 0.15) is 0 Å². The van der Waals surface area contributed by atoms with Crippen LogP contribution >= 0.6 is 0 Å². The maximum atomic E-state index is 3.78. The molecule has 0 nitrogen and oxygen atoms in total. The molecule has 3 atom stereocenters. The maximum Gasteiger partial charge on any atom is -0.00430 e. The Morgan fingerprint density at radius 2 is 1.74 bits per heavy atom. The number of allylic oxidation sites excluding steroid dienone is 3. The van der Waals surface area contributed by atoms with Gasteiger partial charge in [-0.05, 0) is 65.6 Å². The lowest BCUT2D eigenvalue weighted by Crippen LogP contribution is -2.28. The summed E-state index contributed by atoms with van der Waals surface area (Å²) in [6.45, 7) is 19.0. The van der Waals surface area contributed by atoms with Crippen molar-refractivity contribution in [3.05, 3.63) is 29.0 Å². The van der Waals surface area contributed by atoms with Crippen molar-refractivity contribution in [1.29, 1.82) is 0 Å². The second kappa shape index (κ2) is 8.93. The van der Waals surface area contributed by atoms with Crippen LogP contribution in [0.4, 0.5) is 0 Å². The quantitative estimate of drug-likeness (QED) is 0.425. The van der Waals surface area contributed by atoms with Gasteiger partial charge in [-0.15, -0.1) is 5.73 Å². The first-order chi connectivity index (χ1) is 10.8. The molecule has 0 saturated heterocycles. The molecule has 1 aliphatic rings. The molecule has 0 heteroatoms. The highest BCUT2D eigenvalue weighted by atomic mass is 14.4. The second-order valence-electron chi connectivity index (χ2n) is 8.25. The van der Waals surface area contributed by atoms with Crippen LogP contribution in [0.25, 0.3) is 0 Å². The SMILES string of the molecule is CCCCC1C=C(C(C)C)C=C=C(C(C)(CC)CC)C(C)C1C. The Morgan fingerprint density at radius 3 is 2.22 bits per heavy atom. The summed E-state index contributed by atoms with van der Waals surface area (Å²) in [6, 6.07) is 0. The minimum Gasteiger partial charge on any atom is -0.121 e. The van der Waals surface area contributed by atoms with Crippen LogP contribution in [0.1, 0.15) is 87.5 Å². The summed E-state index contributed by atoms with van der Waals surface area (Å²) in [6.07, 6.45) is 11.3. The van der Waals surface area contributed by atoms with Gasteiger partial charge in [0, 0.05) is 0 Å². The third-order valence-electron chi connectivity index (χ3n) is 6.49. The summed E-state index contributed by atoms with van der Waals surface area (Å²) in [5.74, 6) is 2.60. The van der Waals surface area contributed by atoms with Gasteiger partial charge in [-0.2, -0.15) is 0 Å². The Balaban J connectivity index is 3.36. The Morgan fingerprint density at radius 1 is 1.13 bits per heavy atom. The highest BCUT2D eigenvalue weighted by molar-refractivity contribution is 5.28. The molecule has 0 spiro atoms. The van der Waals surface area contributed by atoms with E-state index in [1.165, 1.54) is 37.7 Å². The third-order valence-corrected chi connectivity index (χ3v) is 6.49. The lowest BCUT2D eigenvalue weighted by molar-refractivity contribution is 0.253. The molecule has 0 N–H and O–H groups in total. The molecule has 1 rings (SSSR count). The molecule has 3 unspecified atom stereocenters. The van der Waals surface area contributed by atoms with Crippen LogP contribution in [0.5, 0.6) is 0 Å². The Labute approximate surface area is 146 Å². The van der Waals surface area contributed by atoms with E-state index in [2.05, 4.69) is 73.3 Å². The van der Waals surface area contributed by atoms with Gasteiger partial charge in [0.2, 0.25) is 0 Å². The van der Waals surface area contributed by atoms with Gasteiger partial charge in [0.05, 0.1) is 0 Å².